The second kappa shape index (κ2) is 73.1. The highest BCUT2D eigenvalue weighted by molar-refractivity contribution is 5.74. The quantitative estimate of drug-likeness (QED) is 0.0209. The molecule has 0 unspecified atom stereocenters. The molecule has 18 nitrogen and oxygen atoms in total. The highest BCUT2D eigenvalue weighted by atomic mass is 16.5. The SMILES string of the molecule is CCCCC(CCCC)CCOC(=O)CCCCCCCN(CCCCCCCC(=O)OCC(CCCC)CCCC)CCCNc1c(NC)c(=O)c1=O.CCCCCC(CCCCC)COC(=O)CCCCCCCN(CCCCCCCC(=O)OCCC(CCCC)CCCC)CCCNc1c(NC)c(=O)c1=O. The van der Waals surface area contributed by atoms with Crippen LogP contribution in [-0.4, -0.2) is 127 Å². The van der Waals surface area contributed by atoms with E-state index in [0.717, 1.165) is 206 Å². The molecule has 4 N–H and O–H groups in total. The van der Waals surface area contributed by atoms with Gasteiger partial charge in [-0.1, -0.05) is 274 Å². The van der Waals surface area contributed by atoms with Crippen LogP contribution in [0.5, 0.6) is 0 Å². The van der Waals surface area contributed by atoms with Crippen LogP contribution >= 0.6 is 0 Å². The van der Waals surface area contributed by atoms with Crippen molar-refractivity contribution in [3.63, 3.8) is 0 Å². The Morgan fingerprint density at radius 1 is 0.264 bits per heavy atom. The first kappa shape index (κ1) is 103. The molecule has 0 aromatic heterocycles. The number of carbonyl (C=O) groups excluding carboxylic acids is 4. The van der Waals surface area contributed by atoms with Gasteiger partial charge < -0.3 is 50.0 Å². The van der Waals surface area contributed by atoms with Crippen molar-refractivity contribution in [1.82, 2.24) is 9.80 Å². The first-order valence-corrected chi connectivity index (χ1v) is 46.2. The molecule has 0 radical (unpaired) electrons. The highest BCUT2D eigenvalue weighted by Crippen LogP contribution is 2.25. The number of ether oxygens (including phenoxy) is 4. The van der Waals surface area contributed by atoms with Crippen LogP contribution in [0.15, 0.2) is 19.2 Å². The fourth-order valence-electron chi connectivity index (χ4n) is 15.0. The number of carbonyl (C=O) groups is 4. The number of unbranched alkanes of at least 4 members (excludes halogenated alkanes) is 26. The van der Waals surface area contributed by atoms with Crippen LogP contribution in [0.4, 0.5) is 22.7 Å². The van der Waals surface area contributed by atoms with E-state index in [1.165, 1.54) is 154 Å². The van der Waals surface area contributed by atoms with E-state index >= 15 is 0 Å². The van der Waals surface area contributed by atoms with Gasteiger partial charge in [-0.15, -0.1) is 0 Å². The normalized spacial score (nSPS) is 11.6. The van der Waals surface area contributed by atoms with Crippen molar-refractivity contribution < 1.29 is 38.1 Å². The zero-order valence-electron chi connectivity index (χ0n) is 72.8. The molecule has 0 fully saturated rings. The number of hydrogen-bond donors (Lipinski definition) is 4. The number of hydrogen-bond acceptors (Lipinski definition) is 18. The summed E-state index contributed by atoms with van der Waals surface area (Å²) in [5.41, 5.74) is -0.136. The number of nitrogens with one attached hydrogen (secondary N) is 4. The average Bonchev–Trinajstić information content (AvgIpc) is 0.796. The van der Waals surface area contributed by atoms with Gasteiger partial charge in [-0.05, 0) is 166 Å². The summed E-state index contributed by atoms with van der Waals surface area (Å²) in [7, 11) is 3.33. The maximum Gasteiger partial charge on any atom is 0.305 e. The Hall–Kier alpha value is -4.84. The molecule has 110 heavy (non-hydrogen) atoms. The number of nitrogens with zero attached hydrogens (tertiary/aromatic N) is 2. The molecule has 0 aliphatic carbocycles. The van der Waals surface area contributed by atoms with Crippen LogP contribution in [0.2, 0.25) is 0 Å². The third-order valence-corrected chi connectivity index (χ3v) is 22.4. The number of anilines is 4. The van der Waals surface area contributed by atoms with Crippen LogP contribution in [0, 0.1) is 23.7 Å². The van der Waals surface area contributed by atoms with Gasteiger partial charge in [-0.3, -0.25) is 38.4 Å². The van der Waals surface area contributed by atoms with Gasteiger partial charge in [0.05, 0.1) is 26.4 Å². The molecular weight excluding hydrogens is 1380 g/mol. The lowest BCUT2D eigenvalue weighted by Gasteiger charge is -2.23. The molecule has 0 saturated carbocycles. The molecule has 0 saturated heterocycles. The summed E-state index contributed by atoms with van der Waals surface area (Å²) in [6, 6.07) is 0. The van der Waals surface area contributed by atoms with Gasteiger partial charge in [-0.2, -0.15) is 0 Å². The summed E-state index contributed by atoms with van der Waals surface area (Å²) in [6.07, 6.45) is 59.0. The molecule has 0 atom stereocenters. The fraction of sp³-hybridized carbons (Fsp3) is 0.870. The maximum atomic E-state index is 12.5. The molecule has 0 bridgehead atoms. The van der Waals surface area contributed by atoms with E-state index < -0.39 is 21.7 Å². The van der Waals surface area contributed by atoms with Crippen molar-refractivity contribution in [2.24, 2.45) is 23.7 Å². The lowest BCUT2D eigenvalue weighted by atomic mass is 9.93. The van der Waals surface area contributed by atoms with Crippen LogP contribution in [-0.2, 0) is 38.1 Å². The van der Waals surface area contributed by atoms with E-state index in [-0.39, 0.29) is 23.9 Å². The van der Waals surface area contributed by atoms with E-state index in [0.29, 0.717) is 112 Å². The standard InChI is InChI=1S/C47H87N3O6.C45H83N3O6/c1-6-10-20-29-41(30-21-11-7-2)39-56-43(52)32-23-17-15-19-25-36-50(37-26-34-49-45-44(48-5)46(53)47(45)54)35-24-18-14-16-22-31-42(51)55-38-33-40(27-12-8-3)28-13-9-4;1-6-10-25-38(26-11-7-2)31-36-53-40(49)29-20-16-14-18-22-33-48(35-24-32-47-43-42(46-5)44(51)45(43)52)34-23-19-15-17-21-30-41(50)54-37-39(27-12-8-3)28-13-9-4/h40-41,48-49H,6-39H2,1-5H3;38-39,46-47H,6-37H2,1-5H3. The van der Waals surface area contributed by atoms with Gasteiger partial charge in [0, 0.05) is 52.9 Å². The van der Waals surface area contributed by atoms with E-state index in [9.17, 15) is 38.4 Å². The Bertz CT molecular complexity index is 2620. The van der Waals surface area contributed by atoms with Crippen molar-refractivity contribution in [1.29, 1.82) is 0 Å². The van der Waals surface area contributed by atoms with Crippen LogP contribution in [0.25, 0.3) is 0 Å². The van der Waals surface area contributed by atoms with Crippen LogP contribution < -0.4 is 43.0 Å². The van der Waals surface area contributed by atoms with Crippen molar-refractivity contribution in [3.05, 3.63) is 40.9 Å². The molecular formula is C92H170N6O12. The van der Waals surface area contributed by atoms with E-state index in [2.05, 4.69) is 86.5 Å². The van der Waals surface area contributed by atoms with Crippen molar-refractivity contribution in [3.8, 4) is 0 Å². The van der Waals surface area contributed by atoms with Crippen LogP contribution in [0.1, 0.15) is 402 Å². The summed E-state index contributed by atoms with van der Waals surface area (Å²) < 4.78 is 22.6. The Morgan fingerprint density at radius 3 is 0.782 bits per heavy atom. The van der Waals surface area contributed by atoms with Crippen LogP contribution in [0.3, 0.4) is 0 Å². The van der Waals surface area contributed by atoms with Crippen molar-refractivity contribution in [2.75, 3.05) is 114 Å². The molecule has 640 valence electrons. The van der Waals surface area contributed by atoms with E-state index in [1.807, 2.05) is 0 Å². The Balaban J connectivity index is 0.00000110. The lowest BCUT2D eigenvalue weighted by Crippen LogP contribution is -2.37. The van der Waals surface area contributed by atoms with E-state index in [4.69, 9.17) is 18.9 Å². The number of esters is 4. The molecule has 0 amide bonds. The third-order valence-electron chi connectivity index (χ3n) is 22.4. The summed E-state index contributed by atoms with van der Waals surface area (Å²) in [5, 5.41) is 12.0. The van der Waals surface area contributed by atoms with E-state index in [1.54, 1.807) is 14.1 Å². The predicted octanol–water partition coefficient (Wildman–Crippen LogP) is 21.9. The maximum absolute atomic E-state index is 12.5. The summed E-state index contributed by atoms with van der Waals surface area (Å²) >= 11 is 0. The molecule has 0 heterocycles. The minimum absolute atomic E-state index is 0.0321. The van der Waals surface area contributed by atoms with Crippen molar-refractivity contribution >= 4 is 46.6 Å². The smallest absolute Gasteiger partial charge is 0.305 e. The Labute approximate surface area is 672 Å². The minimum Gasteiger partial charge on any atom is -0.466 e. The Morgan fingerprint density at radius 2 is 0.500 bits per heavy atom. The zero-order valence-corrected chi connectivity index (χ0v) is 72.8. The zero-order chi connectivity index (χ0) is 80.7. The first-order chi connectivity index (χ1) is 53.6. The molecule has 2 rings (SSSR count). The molecule has 0 aliphatic heterocycles. The largest absolute Gasteiger partial charge is 0.466 e. The van der Waals surface area contributed by atoms with Gasteiger partial charge in [0.15, 0.2) is 0 Å². The second-order valence-electron chi connectivity index (χ2n) is 32.3. The third kappa shape index (κ3) is 54.0. The monoisotopic (exact) mass is 1550 g/mol. The summed E-state index contributed by atoms with van der Waals surface area (Å²) in [4.78, 5) is 102. The molecule has 18 heteroatoms. The van der Waals surface area contributed by atoms with Crippen molar-refractivity contribution in [2.45, 2.75) is 402 Å². The molecule has 0 aliphatic rings. The van der Waals surface area contributed by atoms with Gasteiger partial charge in [0.2, 0.25) is 0 Å². The summed E-state index contributed by atoms with van der Waals surface area (Å²) in [5.74, 6) is 2.23. The summed E-state index contributed by atoms with van der Waals surface area (Å²) in [6.45, 7) is 27.5. The van der Waals surface area contributed by atoms with Gasteiger partial charge in [0.25, 0.3) is 21.7 Å². The predicted molar refractivity (Wildman–Crippen MR) is 464 cm³/mol. The molecule has 0 spiro atoms. The van der Waals surface area contributed by atoms with Gasteiger partial charge in [0.1, 0.15) is 22.7 Å². The Kier molecular flexibility index (Phi) is 68.5. The minimum atomic E-state index is -0.442. The van der Waals surface area contributed by atoms with Gasteiger partial charge in [-0.25, -0.2) is 0 Å². The fourth-order valence-corrected chi connectivity index (χ4v) is 15.0. The highest BCUT2D eigenvalue weighted by Gasteiger charge is 2.22. The molecule has 2 aromatic rings. The number of rotatable bonds is 80. The van der Waals surface area contributed by atoms with Gasteiger partial charge >= 0.3 is 23.9 Å². The first-order valence-electron chi connectivity index (χ1n) is 46.2. The lowest BCUT2D eigenvalue weighted by molar-refractivity contribution is -0.146. The second-order valence-corrected chi connectivity index (χ2v) is 32.3. The topological polar surface area (TPSA) is 228 Å². The molecule has 2 aromatic carbocycles. The average molecular weight is 1550 g/mol.